The summed E-state index contributed by atoms with van der Waals surface area (Å²) in [5, 5.41) is 2.69. The second-order valence-electron chi connectivity index (χ2n) is 9.79. The van der Waals surface area contributed by atoms with Crippen molar-refractivity contribution in [2.45, 2.75) is 43.6 Å². The van der Waals surface area contributed by atoms with Crippen molar-refractivity contribution in [3.63, 3.8) is 0 Å². The first kappa shape index (κ1) is 22.9. The minimum absolute atomic E-state index is 0.00634. The van der Waals surface area contributed by atoms with Gasteiger partial charge in [-0.1, -0.05) is 6.08 Å². The summed E-state index contributed by atoms with van der Waals surface area (Å²) in [5.41, 5.74) is 1.51. The molecule has 1 aromatic rings. The highest BCUT2D eigenvalue weighted by atomic mass is 19.1. The molecule has 3 atom stereocenters. The molecule has 6 rings (SSSR count). The van der Waals surface area contributed by atoms with Crippen LogP contribution in [-0.2, 0) is 19.9 Å². The van der Waals surface area contributed by atoms with E-state index >= 15 is 0 Å². The number of likely N-dealkylation sites (tertiary alicyclic amines) is 2. The number of anilines is 1. The van der Waals surface area contributed by atoms with Crippen molar-refractivity contribution in [1.29, 1.82) is 0 Å². The van der Waals surface area contributed by atoms with Crippen LogP contribution in [0, 0.1) is 5.92 Å². The number of aliphatic imine (C=N–C) groups is 1. The lowest BCUT2D eigenvalue weighted by molar-refractivity contribution is -0.124. The van der Waals surface area contributed by atoms with E-state index in [-0.39, 0.29) is 23.7 Å². The lowest BCUT2D eigenvalue weighted by Crippen LogP contribution is -2.49. The Kier molecular flexibility index (Phi) is 5.63. The fourth-order valence-corrected chi connectivity index (χ4v) is 5.96. The number of allylic oxidation sites excluding steroid dienone is 2. The van der Waals surface area contributed by atoms with Crippen LogP contribution >= 0.6 is 0 Å². The number of fused-ring (bicyclic) bond motifs is 3. The van der Waals surface area contributed by atoms with Gasteiger partial charge in [-0.15, -0.1) is 0 Å². The third kappa shape index (κ3) is 3.89. The highest BCUT2D eigenvalue weighted by Crippen LogP contribution is 2.43. The zero-order valence-corrected chi connectivity index (χ0v) is 20.0. The van der Waals surface area contributed by atoms with Crippen LogP contribution in [0.5, 0.6) is 0 Å². The molecule has 1 N–H and O–H groups in total. The number of halogens is 1. The molecule has 5 heterocycles. The molecule has 1 spiro atoms. The molecule has 0 bridgehead atoms. The number of methoxy groups -OCH3 is 1. The molecule has 1 aromatic heterocycles. The summed E-state index contributed by atoms with van der Waals surface area (Å²) in [7, 11) is 1.59. The summed E-state index contributed by atoms with van der Waals surface area (Å²) in [6.45, 7) is 1.85. The highest BCUT2D eigenvalue weighted by molar-refractivity contribution is 6.43. The number of amides is 2. The molecule has 0 saturated carbocycles. The lowest BCUT2D eigenvalue weighted by atomic mass is 9.83. The van der Waals surface area contributed by atoms with Crippen molar-refractivity contribution < 1.29 is 23.5 Å². The molecule has 3 unspecified atom stereocenters. The van der Waals surface area contributed by atoms with Gasteiger partial charge < -0.3 is 19.3 Å². The molecule has 5 aliphatic rings. The Bertz CT molecular complexity index is 1220. The molecule has 36 heavy (non-hydrogen) atoms. The van der Waals surface area contributed by atoms with Crippen LogP contribution in [0.3, 0.4) is 0 Å². The third-order valence-corrected chi connectivity index (χ3v) is 7.83. The van der Waals surface area contributed by atoms with Crippen molar-refractivity contribution in [1.82, 2.24) is 14.8 Å². The molecule has 188 valence electrons. The van der Waals surface area contributed by atoms with Gasteiger partial charge >= 0.3 is 6.09 Å². The van der Waals surface area contributed by atoms with E-state index in [1.165, 1.54) is 6.08 Å². The topological polar surface area (TPSA) is 96.4 Å². The number of hydrogen-bond donors (Lipinski definition) is 1. The van der Waals surface area contributed by atoms with Crippen LogP contribution in [0.4, 0.5) is 15.0 Å². The molecule has 2 fully saturated rings. The van der Waals surface area contributed by atoms with Gasteiger partial charge in [0.2, 0.25) is 0 Å². The average molecular weight is 494 g/mol. The van der Waals surface area contributed by atoms with E-state index in [4.69, 9.17) is 9.47 Å². The van der Waals surface area contributed by atoms with Crippen molar-refractivity contribution in [3.8, 4) is 0 Å². The zero-order valence-electron chi connectivity index (χ0n) is 20.0. The van der Waals surface area contributed by atoms with Crippen molar-refractivity contribution in [3.05, 3.63) is 59.7 Å². The first-order valence-electron chi connectivity index (χ1n) is 12.3. The van der Waals surface area contributed by atoms with E-state index in [1.807, 2.05) is 18.2 Å². The first-order chi connectivity index (χ1) is 17.5. The van der Waals surface area contributed by atoms with Gasteiger partial charge in [0, 0.05) is 69.4 Å². The van der Waals surface area contributed by atoms with Crippen LogP contribution < -0.4 is 5.32 Å². The standard InChI is InChI=1S/C26H28FN5O4/c1-35-22-15-18(14-20(29-22)24(33)32-10-6-16-13-17(27)4-5-21(16)32)31-11-7-26(8-12-31)19-3-2-9-28-23(19)30-25(34)36-26/h2-5,9,13-14,16,21-22H,6-8,10-12,15H2,1H3,(H,28,30,34). The Morgan fingerprint density at radius 2 is 2.14 bits per heavy atom. The van der Waals surface area contributed by atoms with Gasteiger partial charge in [-0.2, -0.15) is 0 Å². The lowest BCUT2D eigenvalue weighted by Gasteiger charge is -2.45. The molecule has 4 aliphatic heterocycles. The second kappa shape index (κ2) is 8.85. The molecular formula is C26H28FN5O4. The molecule has 2 saturated heterocycles. The Labute approximate surface area is 208 Å². The highest BCUT2D eigenvalue weighted by Gasteiger charge is 2.46. The van der Waals surface area contributed by atoms with Crippen molar-refractivity contribution >= 4 is 23.5 Å². The quantitative estimate of drug-likeness (QED) is 0.694. The summed E-state index contributed by atoms with van der Waals surface area (Å²) in [6, 6.07) is 3.65. The fraction of sp³-hybridized carbons (Fsp3) is 0.462. The van der Waals surface area contributed by atoms with Gasteiger partial charge in [-0.05, 0) is 36.8 Å². The van der Waals surface area contributed by atoms with Gasteiger partial charge in [-0.25, -0.2) is 19.2 Å². The van der Waals surface area contributed by atoms with Gasteiger partial charge in [-0.3, -0.25) is 10.1 Å². The van der Waals surface area contributed by atoms with Crippen LogP contribution in [0.15, 0.2) is 59.1 Å². The predicted octanol–water partition coefficient (Wildman–Crippen LogP) is 3.28. The molecule has 9 nitrogen and oxygen atoms in total. The summed E-state index contributed by atoms with van der Waals surface area (Å²) < 4.78 is 25.1. The summed E-state index contributed by atoms with van der Waals surface area (Å²) in [5.74, 6) is 0.132. The number of aromatic nitrogens is 1. The van der Waals surface area contributed by atoms with E-state index in [0.717, 1.165) is 17.7 Å². The largest absolute Gasteiger partial charge is 0.437 e. The number of nitrogens with one attached hydrogen (secondary N) is 1. The third-order valence-electron chi connectivity index (χ3n) is 7.83. The van der Waals surface area contributed by atoms with E-state index < -0.39 is 17.9 Å². The Morgan fingerprint density at radius 1 is 1.31 bits per heavy atom. The molecule has 0 aromatic carbocycles. The number of nitrogens with zero attached hydrogens (tertiary/aromatic N) is 4. The monoisotopic (exact) mass is 493 g/mol. The number of rotatable bonds is 3. The molecule has 1 aliphatic carbocycles. The van der Waals surface area contributed by atoms with E-state index in [9.17, 15) is 14.0 Å². The Balaban J connectivity index is 1.21. The molecule has 10 heteroatoms. The number of pyridine rings is 1. The molecule has 2 amide bonds. The van der Waals surface area contributed by atoms with E-state index in [0.29, 0.717) is 50.4 Å². The number of carbonyl (C=O) groups excluding carboxylic acids is 2. The summed E-state index contributed by atoms with van der Waals surface area (Å²) in [4.78, 5) is 38.6. The number of dihydropyridines is 1. The average Bonchev–Trinajstić information content (AvgIpc) is 3.31. The van der Waals surface area contributed by atoms with Crippen LogP contribution in [0.2, 0.25) is 0 Å². The maximum absolute atomic E-state index is 13.7. The normalized spacial score (nSPS) is 28.4. The predicted molar refractivity (Wildman–Crippen MR) is 130 cm³/mol. The van der Waals surface area contributed by atoms with Crippen molar-refractivity contribution in [2.24, 2.45) is 10.9 Å². The van der Waals surface area contributed by atoms with Crippen LogP contribution in [0.1, 0.15) is 31.2 Å². The van der Waals surface area contributed by atoms with Gasteiger partial charge in [0.05, 0.1) is 6.04 Å². The maximum atomic E-state index is 13.7. The number of hydrogen-bond acceptors (Lipinski definition) is 7. The number of carbonyl (C=O) groups is 2. The Hall–Kier alpha value is -3.53. The smallest absolute Gasteiger partial charge is 0.413 e. The SMILES string of the molecule is COC1CC(N2CCC3(CC2)OC(=O)Nc2ncccc23)=CC(C(=O)N2CCC3C=C(F)C=CC32)=N1. The fourth-order valence-electron chi connectivity index (χ4n) is 5.96. The van der Waals surface area contributed by atoms with E-state index in [2.05, 4.69) is 20.2 Å². The number of ether oxygens (including phenoxy) is 2. The summed E-state index contributed by atoms with van der Waals surface area (Å²) in [6.07, 6.45) is 9.86. The van der Waals surface area contributed by atoms with Crippen molar-refractivity contribution in [2.75, 3.05) is 32.1 Å². The maximum Gasteiger partial charge on any atom is 0.413 e. The Morgan fingerprint density at radius 3 is 2.94 bits per heavy atom. The van der Waals surface area contributed by atoms with Gasteiger partial charge in [0.25, 0.3) is 5.91 Å². The van der Waals surface area contributed by atoms with E-state index in [1.54, 1.807) is 30.4 Å². The molecular weight excluding hydrogens is 465 g/mol. The van der Waals surface area contributed by atoms with Gasteiger partial charge in [0.15, 0.2) is 6.23 Å². The number of piperidine rings is 1. The minimum Gasteiger partial charge on any atom is -0.437 e. The molecule has 0 radical (unpaired) electrons. The van der Waals surface area contributed by atoms with Gasteiger partial charge in [0.1, 0.15) is 23.0 Å². The van der Waals surface area contributed by atoms with Crippen LogP contribution in [0.25, 0.3) is 0 Å². The zero-order chi connectivity index (χ0) is 24.9. The summed E-state index contributed by atoms with van der Waals surface area (Å²) >= 11 is 0. The first-order valence-corrected chi connectivity index (χ1v) is 12.3. The van der Waals surface area contributed by atoms with Crippen LogP contribution in [-0.4, -0.2) is 71.5 Å². The minimum atomic E-state index is -0.717. The second-order valence-corrected chi connectivity index (χ2v) is 9.79.